The molecule has 0 bridgehead atoms. The average Bonchev–Trinajstić information content (AvgIpc) is 2.93. The highest BCUT2D eigenvalue weighted by molar-refractivity contribution is 5.52. The van der Waals surface area contributed by atoms with E-state index in [2.05, 4.69) is 49.9 Å². The number of hydrogen-bond donors (Lipinski definition) is 0. The Morgan fingerprint density at radius 1 is 0.395 bits per heavy atom. The first-order valence-corrected chi connectivity index (χ1v) is 17.6. The Morgan fingerprint density at radius 2 is 0.684 bits per heavy atom. The van der Waals surface area contributed by atoms with Gasteiger partial charge in [0.05, 0.1) is 0 Å². The number of anilines is 1. The summed E-state index contributed by atoms with van der Waals surface area (Å²) in [7, 11) is 0. The molecular formula is C37H69N. The van der Waals surface area contributed by atoms with Crippen LogP contribution in [0.4, 0.5) is 5.69 Å². The van der Waals surface area contributed by atoms with Crippen molar-refractivity contribution in [2.75, 3.05) is 18.0 Å². The third-order valence-electron chi connectivity index (χ3n) is 8.52. The number of benzene rings is 1. The molecule has 0 radical (unpaired) electrons. The minimum absolute atomic E-state index is 1.24. The fourth-order valence-corrected chi connectivity index (χ4v) is 5.91. The van der Waals surface area contributed by atoms with Gasteiger partial charge < -0.3 is 4.90 Å². The zero-order valence-electron chi connectivity index (χ0n) is 26.6. The van der Waals surface area contributed by atoms with E-state index in [1.165, 1.54) is 191 Å². The summed E-state index contributed by atoms with van der Waals surface area (Å²) in [6.45, 7) is 9.37. The highest BCUT2D eigenvalue weighted by Crippen LogP contribution is 2.22. The van der Waals surface area contributed by atoms with E-state index in [0.717, 1.165) is 0 Å². The van der Waals surface area contributed by atoms with Gasteiger partial charge in [-0.1, -0.05) is 186 Å². The fourth-order valence-electron chi connectivity index (χ4n) is 5.91. The van der Waals surface area contributed by atoms with E-state index in [1.807, 2.05) is 0 Å². The van der Waals surface area contributed by atoms with Gasteiger partial charge in [-0.2, -0.15) is 0 Å². The summed E-state index contributed by atoms with van der Waals surface area (Å²) in [5.41, 5.74) is 2.92. The molecule has 0 saturated heterocycles. The maximum Gasteiger partial charge on any atom is 0.0395 e. The predicted molar refractivity (Wildman–Crippen MR) is 175 cm³/mol. The molecule has 0 aliphatic heterocycles. The SMILES string of the molecule is CCCCCCCCCCCCCCCN(CCCCCCCCCCCCCCC)c1ccccc1C. The van der Waals surface area contributed by atoms with Crippen LogP contribution in [0.2, 0.25) is 0 Å². The van der Waals surface area contributed by atoms with Gasteiger partial charge in [0, 0.05) is 18.8 Å². The maximum absolute atomic E-state index is 2.70. The minimum Gasteiger partial charge on any atom is -0.371 e. The fraction of sp³-hybridized carbons (Fsp3) is 0.838. The Morgan fingerprint density at radius 3 is 1.00 bits per heavy atom. The van der Waals surface area contributed by atoms with Crippen LogP contribution in [0.25, 0.3) is 0 Å². The van der Waals surface area contributed by atoms with E-state index in [-0.39, 0.29) is 0 Å². The summed E-state index contributed by atoms with van der Waals surface area (Å²) in [6.07, 6.45) is 37.3. The molecule has 1 heteroatoms. The smallest absolute Gasteiger partial charge is 0.0395 e. The molecule has 0 fully saturated rings. The number of rotatable bonds is 29. The third kappa shape index (κ3) is 20.9. The van der Waals surface area contributed by atoms with Crippen molar-refractivity contribution in [2.45, 2.75) is 188 Å². The van der Waals surface area contributed by atoms with Gasteiger partial charge in [0.2, 0.25) is 0 Å². The van der Waals surface area contributed by atoms with Crippen LogP contribution in [0.15, 0.2) is 24.3 Å². The molecule has 0 amide bonds. The summed E-state index contributed by atoms with van der Waals surface area (Å²) < 4.78 is 0. The molecule has 0 aliphatic carbocycles. The van der Waals surface area contributed by atoms with E-state index in [4.69, 9.17) is 0 Å². The zero-order valence-corrected chi connectivity index (χ0v) is 26.6. The third-order valence-corrected chi connectivity index (χ3v) is 8.52. The number of unbranched alkanes of at least 4 members (excludes halogenated alkanes) is 24. The molecule has 1 aromatic rings. The molecule has 0 atom stereocenters. The van der Waals surface area contributed by atoms with Crippen molar-refractivity contribution in [2.24, 2.45) is 0 Å². The molecule has 1 rings (SSSR count). The van der Waals surface area contributed by atoms with Gasteiger partial charge >= 0.3 is 0 Å². The minimum atomic E-state index is 1.24. The van der Waals surface area contributed by atoms with Gasteiger partial charge in [0.15, 0.2) is 0 Å². The Labute approximate surface area is 241 Å². The van der Waals surface area contributed by atoms with Gasteiger partial charge in [0.1, 0.15) is 0 Å². The topological polar surface area (TPSA) is 3.24 Å². The molecule has 0 spiro atoms. The molecule has 0 aromatic heterocycles. The summed E-state index contributed by atoms with van der Waals surface area (Å²) >= 11 is 0. The number of hydrogen-bond acceptors (Lipinski definition) is 1. The first-order chi connectivity index (χ1) is 18.8. The van der Waals surface area contributed by atoms with E-state index in [1.54, 1.807) is 0 Å². The van der Waals surface area contributed by atoms with Gasteiger partial charge in [-0.15, -0.1) is 0 Å². The largest absolute Gasteiger partial charge is 0.371 e. The van der Waals surface area contributed by atoms with E-state index in [0.29, 0.717) is 0 Å². The molecule has 38 heavy (non-hydrogen) atoms. The van der Waals surface area contributed by atoms with Crippen LogP contribution in [0, 0.1) is 6.92 Å². The first-order valence-electron chi connectivity index (χ1n) is 17.6. The summed E-state index contributed by atoms with van der Waals surface area (Å²) in [4.78, 5) is 2.70. The predicted octanol–water partition coefficient (Wildman–Crippen LogP) is 13.0. The highest BCUT2D eigenvalue weighted by Gasteiger charge is 2.08. The molecular weight excluding hydrogens is 458 g/mol. The van der Waals surface area contributed by atoms with E-state index in [9.17, 15) is 0 Å². The Balaban J connectivity index is 2.09. The van der Waals surface area contributed by atoms with Crippen LogP contribution < -0.4 is 4.90 Å². The zero-order chi connectivity index (χ0) is 27.4. The standard InChI is InChI=1S/C37H69N/c1-4-6-8-10-12-14-16-18-20-22-24-26-30-34-38(37-33-29-28-32-36(37)3)35-31-27-25-23-21-19-17-15-13-11-9-7-5-2/h28-29,32-33H,4-27,30-31,34-35H2,1-3H3. The van der Waals surface area contributed by atoms with Crippen molar-refractivity contribution in [3.05, 3.63) is 29.8 Å². The van der Waals surface area contributed by atoms with Crippen LogP contribution in [-0.4, -0.2) is 13.1 Å². The first kappa shape index (κ1) is 35.0. The lowest BCUT2D eigenvalue weighted by Crippen LogP contribution is -2.26. The molecule has 222 valence electrons. The highest BCUT2D eigenvalue weighted by atomic mass is 15.1. The van der Waals surface area contributed by atoms with Gasteiger partial charge in [-0.05, 0) is 31.4 Å². The Bertz CT molecular complexity index is 564. The maximum atomic E-state index is 2.70. The van der Waals surface area contributed by atoms with Gasteiger partial charge in [-0.25, -0.2) is 0 Å². The van der Waals surface area contributed by atoms with Crippen molar-refractivity contribution in [3.63, 3.8) is 0 Å². The van der Waals surface area contributed by atoms with Crippen LogP contribution >= 0.6 is 0 Å². The molecule has 0 saturated carbocycles. The molecule has 1 nitrogen and oxygen atoms in total. The van der Waals surface area contributed by atoms with Gasteiger partial charge in [0.25, 0.3) is 0 Å². The van der Waals surface area contributed by atoms with E-state index < -0.39 is 0 Å². The van der Waals surface area contributed by atoms with Gasteiger partial charge in [-0.3, -0.25) is 0 Å². The molecule has 0 heterocycles. The number of aryl methyl sites for hydroxylation is 1. The quantitative estimate of drug-likeness (QED) is 0.0936. The van der Waals surface area contributed by atoms with Crippen LogP contribution in [0.1, 0.15) is 186 Å². The monoisotopic (exact) mass is 528 g/mol. The second-order valence-corrected chi connectivity index (χ2v) is 12.3. The molecule has 0 unspecified atom stereocenters. The average molecular weight is 528 g/mol. The van der Waals surface area contributed by atoms with Crippen molar-refractivity contribution >= 4 is 5.69 Å². The molecule has 1 aromatic carbocycles. The van der Waals surface area contributed by atoms with Crippen LogP contribution in [0.5, 0.6) is 0 Å². The van der Waals surface area contributed by atoms with Crippen LogP contribution in [-0.2, 0) is 0 Å². The van der Waals surface area contributed by atoms with Crippen molar-refractivity contribution in [3.8, 4) is 0 Å². The van der Waals surface area contributed by atoms with Crippen molar-refractivity contribution in [1.29, 1.82) is 0 Å². The van der Waals surface area contributed by atoms with Crippen molar-refractivity contribution < 1.29 is 0 Å². The number of nitrogens with zero attached hydrogens (tertiary/aromatic N) is 1. The Kier molecular flexibility index (Phi) is 25.4. The van der Waals surface area contributed by atoms with Crippen molar-refractivity contribution in [1.82, 2.24) is 0 Å². The molecule has 0 N–H and O–H groups in total. The summed E-state index contributed by atoms with van der Waals surface area (Å²) in [5.74, 6) is 0. The normalized spacial score (nSPS) is 11.3. The van der Waals surface area contributed by atoms with E-state index >= 15 is 0 Å². The molecule has 0 aliphatic rings. The second kappa shape index (κ2) is 27.6. The summed E-state index contributed by atoms with van der Waals surface area (Å²) in [6, 6.07) is 9.05. The Hall–Kier alpha value is -0.980. The lowest BCUT2D eigenvalue weighted by molar-refractivity contribution is 0.531. The summed E-state index contributed by atoms with van der Waals surface area (Å²) in [5, 5.41) is 0. The van der Waals surface area contributed by atoms with Crippen LogP contribution in [0.3, 0.4) is 0 Å². The lowest BCUT2D eigenvalue weighted by atomic mass is 10.0. The lowest BCUT2D eigenvalue weighted by Gasteiger charge is -2.26. The second-order valence-electron chi connectivity index (χ2n) is 12.3. The number of para-hydroxylation sites is 1.